The maximum absolute atomic E-state index is 9.68. The highest BCUT2D eigenvalue weighted by molar-refractivity contribution is 6.13. The Morgan fingerprint density at radius 1 is 0.440 bits per heavy atom. The first kappa shape index (κ1) is 17.0. The van der Waals surface area contributed by atoms with Crippen molar-refractivity contribution in [2.45, 2.75) is 0 Å². The normalized spacial score (nSPS) is 15.8. The van der Waals surface area contributed by atoms with E-state index in [1.165, 1.54) is 4.57 Å². The molecule has 0 atom stereocenters. The van der Waals surface area contributed by atoms with Crippen LogP contribution in [0.5, 0.6) is 0 Å². The van der Waals surface area contributed by atoms with Crippen molar-refractivity contribution in [1.82, 2.24) is 19.5 Å². The van der Waals surface area contributed by atoms with Gasteiger partial charge in [-0.05, 0) is 24.2 Å². The highest BCUT2D eigenvalue weighted by atomic mass is 16.3. The highest BCUT2D eigenvalue weighted by Gasteiger charge is 2.24. The van der Waals surface area contributed by atoms with Crippen LogP contribution in [0.1, 0.15) is 20.6 Å². The second-order valence-corrected chi connectivity index (χ2v) is 11.2. The van der Waals surface area contributed by atoms with Crippen LogP contribution in [0.3, 0.4) is 0 Å². The third kappa shape index (κ3) is 4.45. The Labute approximate surface area is 308 Å². The van der Waals surface area contributed by atoms with Gasteiger partial charge in [-0.25, -0.2) is 15.0 Å². The van der Waals surface area contributed by atoms with Crippen LogP contribution in [0.15, 0.2) is 174 Å². The van der Waals surface area contributed by atoms with E-state index >= 15 is 0 Å². The van der Waals surface area contributed by atoms with Crippen molar-refractivity contribution in [2.24, 2.45) is 0 Å². The third-order valence-electron chi connectivity index (χ3n) is 8.37. The van der Waals surface area contributed by atoms with Crippen molar-refractivity contribution in [2.75, 3.05) is 0 Å². The fourth-order valence-corrected chi connectivity index (χ4v) is 6.19. The molecule has 0 spiro atoms. The minimum atomic E-state index is -0.716. The summed E-state index contributed by atoms with van der Waals surface area (Å²) in [6, 6.07) is 13.1. The summed E-state index contributed by atoms with van der Waals surface area (Å²) in [6.07, 6.45) is 0. The predicted octanol–water partition coefficient (Wildman–Crippen LogP) is 11.5. The summed E-state index contributed by atoms with van der Waals surface area (Å²) in [5.41, 5.74) is -1.23. The summed E-state index contributed by atoms with van der Waals surface area (Å²) < 4.78 is 143. The van der Waals surface area contributed by atoms with Gasteiger partial charge in [0.1, 0.15) is 11.2 Å². The predicted molar refractivity (Wildman–Crippen MR) is 203 cm³/mol. The molecule has 10 aromatic rings. The average Bonchev–Trinajstić information content (AvgIpc) is 3.88. The van der Waals surface area contributed by atoms with E-state index in [0.717, 1.165) is 18.2 Å². The van der Waals surface area contributed by atoms with Gasteiger partial charge in [-0.3, -0.25) is 0 Å². The van der Waals surface area contributed by atoms with Crippen LogP contribution in [0.4, 0.5) is 0 Å². The van der Waals surface area contributed by atoms with E-state index in [1.807, 2.05) is 0 Å². The van der Waals surface area contributed by atoms with Crippen LogP contribution in [-0.2, 0) is 0 Å². The molecule has 50 heavy (non-hydrogen) atoms. The lowest BCUT2D eigenvalue weighted by Crippen LogP contribution is -2.05. The van der Waals surface area contributed by atoms with Crippen molar-refractivity contribution in [3.63, 3.8) is 0 Å². The Morgan fingerprint density at radius 2 is 1.02 bits per heavy atom. The number of aromatic nitrogens is 4. The van der Waals surface area contributed by atoms with Crippen LogP contribution in [-0.4, -0.2) is 19.5 Å². The van der Waals surface area contributed by atoms with Crippen molar-refractivity contribution in [1.29, 1.82) is 0 Å². The lowest BCUT2D eigenvalue weighted by molar-refractivity contribution is 0.670. The molecule has 0 bridgehead atoms. The van der Waals surface area contributed by atoms with Gasteiger partial charge in [0.15, 0.2) is 17.5 Å². The molecular formula is C45H28N4O. The van der Waals surface area contributed by atoms with Crippen molar-refractivity contribution in [3.8, 4) is 51.0 Å². The van der Waals surface area contributed by atoms with Gasteiger partial charge in [-0.2, -0.15) is 0 Å². The van der Waals surface area contributed by atoms with E-state index in [1.54, 1.807) is 60.7 Å². The lowest BCUT2D eigenvalue weighted by Gasteiger charge is -2.19. The van der Waals surface area contributed by atoms with E-state index < -0.39 is 96.2 Å². The molecule has 0 saturated carbocycles. The summed E-state index contributed by atoms with van der Waals surface area (Å²) in [7, 11) is 0. The van der Waals surface area contributed by atoms with Crippen LogP contribution in [0.2, 0.25) is 0 Å². The molecule has 234 valence electrons. The highest BCUT2D eigenvalue weighted by Crippen LogP contribution is 2.44. The monoisotopic (exact) mass is 655 g/mol. The second-order valence-electron chi connectivity index (χ2n) is 11.2. The molecule has 0 fully saturated rings. The molecule has 0 radical (unpaired) electrons. The van der Waals surface area contributed by atoms with Crippen molar-refractivity contribution < 1.29 is 25.0 Å². The number of fused-ring (bicyclic) bond motifs is 6. The van der Waals surface area contributed by atoms with E-state index in [9.17, 15) is 6.85 Å². The Balaban J connectivity index is 1.50. The van der Waals surface area contributed by atoms with Gasteiger partial charge in [0.2, 0.25) is 0 Å². The van der Waals surface area contributed by atoms with E-state index in [0.29, 0.717) is 11.1 Å². The molecule has 5 heteroatoms. The first-order valence-electron chi connectivity index (χ1n) is 23.0. The Kier molecular flexibility index (Phi) is 3.87. The molecule has 7 aromatic carbocycles. The summed E-state index contributed by atoms with van der Waals surface area (Å²) in [4.78, 5) is 14.6. The SMILES string of the molecule is [2H]c1cc([2H])c(-c2c([2H])c([2H])c([2H])c3c2oc2c([2H])c([2H])c([2H])c([2H])c23)c(-n2c3c([2H])cc([2H])c([2H])c3c3c([2H])c([2H])cc([2H])c32)c1-c1nc(-c2ccccc2)nc(-c2ccccc2)n1. The van der Waals surface area contributed by atoms with Gasteiger partial charge in [0.25, 0.3) is 0 Å². The molecule has 0 unspecified atom stereocenters. The Hall–Kier alpha value is -6.85. The molecule has 0 amide bonds. The smallest absolute Gasteiger partial charge is 0.166 e. The van der Waals surface area contributed by atoms with E-state index in [4.69, 9.17) is 33.1 Å². The number of benzene rings is 7. The maximum atomic E-state index is 9.68. The number of hydrogen-bond donors (Lipinski definition) is 0. The molecule has 5 nitrogen and oxygen atoms in total. The summed E-state index contributed by atoms with van der Waals surface area (Å²) in [5, 5.41) is -0.857. The fourth-order valence-electron chi connectivity index (χ4n) is 6.19. The van der Waals surface area contributed by atoms with Gasteiger partial charge in [0, 0.05) is 49.4 Å². The first-order chi connectivity index (χ1) is 31.0. The topological polar surface area (TPSA) is 56.7 Å². The average molecular weight is 656 g/mol. The molecular weight excluding hydrogens is 613 g/mol. The largest absolute Gasteiger partial charge is 0.455 e. The maximum Gasteiger partial charge on any atom is 0.166 e. The zero-order valence-electron chi connectivity index (χ0n) is 40.7. The van der Waals surface area contributed by atoms with Crippen LogP contribution in [0.25, 0.3) is 94.7 Å². The minimum Gasteiger partial charge on any atom is -0.455 e. The first-order valence-corrected chi connectivity index (χ1v) is 15.5. The molecule has 0 aliphatic carbocycles. The van der Waals surface area contributed by atoms with Crippen molar-refractivity contribution in [3.05, 3.63) is 169 Å². The lowest BCUT2D eigenvalue weighted by atomic mass is 9.97. The van der Waals surface area contributed by atoms with Crippen molar-refractivity contribution >= 4 is 43.7 Å². The van der Waals surface area contributed by atoms with Gasteiger partial charge >= 0.3 is 0 Å². The summed E-state index contributed by atoms with van der Waals surface area (Å²) in [5.74, 6) is 0.113. The number of furan rings is 1. The molecule has 0 aliphatic heterocycles. The van der Waals surface area contributed by atoms with Gasteiger partial charge in [0.05, 0.1) is 37.3 Å². The molecule has 3 aromatic heterocycles. The van der Waals surface area contributed by atoms with Crippen LogP contribution < -0.4 is 0 Å². The van der Waals surface area contributed by atoms with Gasteiger partial charge in [-0.1, -0.05) is 145 Å². The van der Waals surface area contributed by atoms with Crippen LogP contribution >= 0.6 is 0 Å². The standard InChI is InChI=1S/C45H28N4O/c1-3-15-29(16-4-1)43-46-44(30-17-5-2-6-18-30)48-45(47-43)37-25-13-22-34(36-24-14-23-35-33-21-9-12-28-40(33)50-42(35)36)41(37)49-38-26-10-7-19-31(38)32-20-8-11-27-39(32)49/h1-28H/i7D,8D,9D,12D,14D,19D,20D,21D,22D,23D,24D,25D,26D,27D,28D. The molecule has 0 saturated heterocycles. The molecule has 0 N–H and O–H groups in total. The van der Waals surface area contributed by atoms with E-state index in [-0.39, 0.29) is 78.0 Å². The minimum absolute atomic E-state index is 0.150. The summed E-state index contributed by atoms with van der Waals surface area (Å²) >= 11 is 0. The number of nitrogens with zero attached hydrogens (tertiary/aromatic N) is 4. The zero-order chi connectivity index (χ0) is 46.1. The Morgan fingerprint density at radius 3 is 1.70 bits per heavy atom. The third-order valence-corrected chi connectivity index (χ3v) is 8.37. The second kappa shape index (κ2) is 11.4. The van der Waals surface area contributed by atoms with Gasteiger partial charge in [-0.15, -0.1) is 0 Å². The van der Waals surface area contributed by atoms with E-state index in [2.05, 4.69) is 0 Å². The van der Waals surface area contributed by atoms with Gasteiger partial charge < -0.3 is 8.98 Å². The van der Waals surface area contributed by atoms with Crippen LogP contribution in [0, 0.1) is 0 Å². The zero-order valence-corrected chi connectivity index (χ0v) is 25.7. The quantitative estimate of drug-likeness (QED) is 0.185. The molecule has 0 aliphatic rings. The fraction of sp³-hybridized carbons (Fsp3) is 0. The number of para-hydroxylation sites is 5. The number of rotatable bonds is 5. The number of hydrogen-bond acceptors (Lipinski definition) is 4. The Bertz CT molecular complexity index is 3600. The molecule has 3 heterocycles. The summed E-state index contributed by atoms with van der Waals surface area (Å²) in [6.45, 7) is 0. The molecule has 10 rings (SSSR count).